The third-order valence-corrected chi connectivity index (χ3v) is 21.0. The van der Waals surface area contributed by atoms with Crippen LogP contribution in [0.15, 0.2) is 29.6 Å². The summed E-state index contributed by atoms with van der Waals surface area (Å²) < 4.78 is 10.9. The zero-order chi connectivity index (χ0) is 75.6. The van der Waals surface area contributed by atoms with Crippen molar-refractivity contribution < 1.29 is 108 Å². The minimum absolute atomic E-state index is 0.0127. The molecule has 14 atom stereocenters. The fraction of sp³-hybridized carbons (Fsp3) is 0.687. The van der Waals surface area contributed by atoms with E-state index < -0.39 is 164 Å². The molecular weight excluding hydrogens is 1380 g/mol. The van der Waals surface area contributed by atoms with Gasteiger partial charge in [-0.1, -0.05) is 95.0 Å². The molecule has 7 amide bonds. The Morgan fingerprint density at radius 1 is 0.792 bits per heavy atom. The highest BCUT2D eigenvalue weighted by Gasteiger charge is 2.40. The van der Waals surface area contributed by atoms with E-state index in [1.54, 1.807) is 29.3 Å². The third kappa shape index (κ3) is 31.6. The molecule has 1 aliphatic heterocycles. The number of thiazole rings is 1. The number of benzene rings is 1. The van der Waals surface area contributed by atoms with Crippen molar-refractivity contribution >= 4 is 104 Å². The van der Waals surface area contributed by atoms with Gasteiger partial charge in [0.25, 0.3) is 5.91 Å². The molecule has 0 bridgehead atoms. The van der Waals surface area contributed by atoms with E-state index in [-0.39, 0.29) is 104 Å². The number of hydrogen-bond acceptors (Lipinski definition) is 25. The number of aromatic hydroxyl groups is 1. The van der Waals surface area contributed by atoms with E-state index in [1.165, 1.54) is 23.5 Å². The number of piperidine rings is 1. The van der Waals surface area contributed by atoms with Gasteiger partial charge in [0.05, 0.1) is 29.8 Å². The second kappa shape index (κ2) is 45.8. The number of nitrogens with one attached hydrogen (secondary N) is 6. The summed E-state index contributed by atoms with van der Waals surface area (Å²) in [7, 11) is 3.92. The van der Waals surface area contributed by atoms with E-state index in [1.807, 2.05) is 48.6 Å². The first-order valence-electron chi connectivity index (χ1n) is 34.1. The fourth-order valence-corrected chi connectivity index (χ4v) is 14.1. The lowest BCUT2D eigenvalue weighted by molar-refractivity contribution is -0.160. The fourth-order valence-electron chi connectivity index (χ4n) is 11.3. The smallest absolute Gasteiger partial charge is 0.426 e. The van der Waals surface area contributed by atoms with Crippen molar-refractivity contribution in [2.24, 2.45) is 29.6 Å². The number of nitrogens with zero attached hydrogens (tertiary/aromatic N) is 3. The zero-order valence-corrected chi connectivity index (χ0v) is 61.4. The number of hydrazine groups is 1. The number of carboxylic acid groups (broad SMARTS) is 2. The lowest BCUT2D eigenvalue weighted by Gasteiger charge is -2.39. The Balaban J connectivity index is 1.65. The standard InChI is InChI=1S/C67H105N9O22S3/c1-10-14-58(87)98-36-76(65(93)46(38(5)11-2)31-53(81)50-15-12-13-24-75(50)9)51(37(3)4)28-40(7)64-72-48(34-99-64)63(92)70-44(29-42-16-19-45(79)20-17-42)27-39(6)61(90)73-74-67(96)97-25-26-100-101-35-49(66(94)95)71-62(91)43(30-52(80)47(69-41(8)78)21-23-57(85)86)18-22-56(84)68-32-54(82)59(88)60(89)55(83)33-77/h16-17,19-20,34,37-40,43-44,46-47,49-51,54-55,59-60,77,79,82-83,88-89H,10-15,18,21-33,35-36H2,1-9H3,(H,68,84)(H,69,78)(H,70,92)(H,71,91)(H,73,90)(H,74,96)(H,85,86)(H,94,95)/t38?,39-,40+,43+,44+,46-,47+,49+,50+,51+,54-,55+,59+,60+/m0/s1. The summed E-state index contributed by atoms with van der Waals surface area (Å²) in [5, 5.41) is 90.2. The molecule has 0 saturated carbocycles. The zero-order valence-electron chi connectivity index (χ0n) is 59.0. The molecule has 1 saturated heterocycles. The molecule has 0 radical (unpaired) electrons. The topological polar surface area (TPSA) is 477 Å². The minimum atomic E-state index is -2.01. The largest absolute Gasteiger partial charge is 0.508 e. The van der Waals surface area contributed by atoms with Crippen molar-refractivity contribution in [3.8, 4) is 5.75 Å². The third-order valence-electron chi connectivity index (χ3n) is 17.5. The molecule has 101 heavy (non-hydrogen) atoms. The highest BCUT2D eigenvalue weighted by atomic mass is 33.1. The molecule has 0 aliphatic carbocycles. The number of amides is 7. The molecule has 3 rings (SSSR count). The first-order valence-corrected chi connectivity index (χ1v) is 37.4. The Bertz CT molecular complexity index is 3020. The molecule has 1 unspecified atom stereocenters. The minimum Gasteiger partial charge on any atom is -0.508 e. The number of esters is 1. The number of phenolic OH excluding ortho intramolecular Hbond substituents is 1. The van der Waals surface area contributed by atoms with E-state index in [4.69, 9.17) is 19.6 Å². The number of aliphatic hydroxyl groups is 5. The van der Waals surface area contributed by atoms with Gasteiger partial charge in [-0.3, -0.25) is 58.3 Å². The molecule has 1 aliphatic rings. The van der Waals surface area contributed by atoms with Crippen molar-refractivity contribution in [3.63, 3.8) is 0 Å². The van der Waals surface area contributed by atoms with Crippen molar-refractivity contribution in [2.75, 3.05) is 51.6 Å². The average Bonchev–Trinajstić information content (AvgIpc) is 1.80. The van der Waals surface area contributed by atoms with Gasteiger partial charge < -0.3 is 76.5 Å². The van der Waals surface area contributed by atoms with Gasteiger partial charge >= 0.3 is 24.0 Å². The van der Waals surface area contributed by atoms with Crippen LogP contribution < -0.4 is 32.1 Å². The maximum absolute atomic E-state index is 14.9. The summed E-state index contributed by atoms with van der Waals surface area (Å²) >= 11 is 1.26. The lowest BCUT2D eigenvalue weighted by atomic mass is 9.82. The molecule has 14 N–H and O–H groups in total. The van der Waals surface area contributed by atoms with Crippen molar-refractivity contribution in [3.05, 3.63) is 45.9 Å². The summed E-state index contributed by atoms with van der Waals surface area (Å²) in [6.07, 6.45) is -6.55. The first kappa shape index (κ1) is 88.2. The number of phenols is 1. The van der Waals surface area contributed by atoms with Crippen LogP contribution in [0.1, 0.15) is 172 Å². The van der Waals surface area contributed by atoms with Crippen molar-refractivity contribution in [1.29, 1.82) is 0 Å². The molecule has 0 spiro atoms. The molecule has 2 aromatic rings. The van der Waals surface area contributed by atoms with Gasteiger partial charge in [0, 0.05) is 98.2 Å². The van der Waals surface area contributed by atoms with Gasteiger partial charge in [-0.05, 0) is 94.5 Å². The average molecular weight is 1480 g/mol. The van der Waals surface area contributed by atoms with Crippen LogP contribution in [-0.2, 0) is 63.8 Å². The number of aliphatic hydroxyl groups excluding tert-OH is 5. The summed E-state index contributed by atoms with van der Waals surface area (Å²) in [6, 6.07) is 1.89. The molecule has 31 nitrogen and oxygen atoms in total. The van der Waals surface area contributed by atoms with Crippen LogP contribution in [0.5, 0.6) is 5.75 Å². The number of rotatable bonds is 47. The van der Waals surface area contributed by atoms with E-state index in [0.29, 0.717) is 29.8 Å². The Morgan fingerprint density at radius 3 is 2.09 bits per heavy atom. The van der Waals surface area contributed by atoms with E-state index >= 15 is 0 Å². The van der Waals surface area contributed by atoms with E-state index in [2.05, 4.69) is 37.0 Å². The predicted molar refractivity (Wildman–Crippen MR) is 374 cm³/mol. The molecule has 34 heteroatoms. The number of aromatic nitrogens is 1. The Hall–Kier alpha value is -7.05. The molecule has 1 fully saturated rings. The molecule has 1 aromatic heterocycles. The number of Topliss-reactive ketones (excluding diaryl/α,β-unsaturated/α-hetero) is 2. The van der Waals surface area contributed by atoms with Crippen LogP contribution in [0.2, 0.25) is 0 Å². The Kier molecular flexibility index (Phi) is 40.0. The second-order valence-corrected chi connectivity index (χ2v) is 29.5. The van der Waals surface area contributed by atoms with Crippen LogP contribution in [-0.4, -0.2) is 233 Å². The molecule has 1 aromatic carbocycles. The molecular formula is C67H105N9O22S3. The number of aliphatic carboxylic acids is 2. The number of likely N-dealkylation sites (tertiary alicyclic amines) is 1. The van der Waals surface area contributed by atoms with Gasteiger partial charge in [-0.25, -0.2) is 20.0 Å². The number of carboxylic acids is 2. The number of ketones is 2. The Morgan fingerprint density at radius 2 is 1.48 bits per heavy atom. The number of ether oxygens (including phenoxy) is 2. The number of carbonyl (C=O) groups excluding carboxylic acids is 10. The van der Waals surface area contributed by atoms with Gasteiger partial charge in [0.2, 0.25) is 29.5 Å². The van der Waals surface area contributed by atoms with Gasteiger partial charge in [-0.2, -0.15) is 0 Å². The first-order chi connectivity index (χ1) is 47.7. The van der Waals surface area contributed by atoms with Crippen LogP contribution in [0.4, 0.5) is 4.79 Å². The van der Waals surface area contributed by atoms with Crippen molar-refractivity contribution in [1.82, 2.24) is 46.9 Å². The van der Waals surface area contributed by atoms with Crippen LogP contribution in [0.25, 0.3) is 0 Å². The van der Waals surface area contributed by atoms with E-state index in [9.17, 15) is 93.3 Å². The Labute approximate surface area is 600 Å². The highest BCUT2D eigenvalue weighted by molar-refractivity contribution is 8.76. The van der Waals surface area contributed by atoms with Gasteiger partial charge in [-0.15, -0.1) is 11.3 Å². The summed E-state index contributed by atoms with van der Waals surface area (Å²) in [5.74, 6) is -11.8. The SMILES string of the molecule is CCCC(=O)OCN(C(=O)[C@@H](CC(=O)[C@H]1CCCCN1C)C(C)CC)[C@H](C[C@@H](C)c1nc(C(=O)N[C@@H](Cc2ccc(O)cc2)C[C@H](C)C(=O)NNC(=O)OCCSSC[C@@H](NC(=O)[C@H](CCC(=O)NC[C@H](O)[C@@H](O)[C@H](O)[C@H](O)CO)CC(=O)[C@@H](CCC(=O)O)NC(C)=O)C(=O)O)cs1)C(C)C. The van der Waals surface area contributed by atoms with Gasteiger partial charge in [0.1, 0.15) is 42.4 Å². The van der Waals surface area contributed by atoms with Gasteiger partial charge in [0.15, 0.2) is 18.3 Å². The van der Waals surface area contributed by atoms with Crippen LogP contribution in [0.3, 0.4) is 0 Å². The predicted octanol–water partition coefficient (Wildman–Crippen LogP) is 2.95. The lowest BCUT2D eigenvalue weighted by Crippen LogP contribution is -2.50. The van der Waals surface area contributed by atoms with E-state index in [0.717, 1.165) is 54.3 Å². The normalized spacial score (nSPS) is 17.1. The second-order valence-electron chi connectivity index (χ2n) is 26.0. The molecule has 2 heterocycles. The highest BCUT2D eigenvalue weighted by Crippen LogP contribution is 2.33. The number of carbonyl (C=O) groups is 12. The number of likely N-dealkylation sites (N-methyl/N-ethyl adjacent to an activating group) is 1. The summed E-state index contributed by atoms with van der Waals surface area (Å²) in [6.45, 7) is 13.0. The maximum Gasteiger partial charge on any atom is 0.426 e. The van der Waals surface area contributed by atoms with Crippen LogP contribution >= 0.6 is 32.9 Å². The summed E-state index contributed by atoms with van der Waals surface area (Å²) in [4.78, 5) is 166. The quantitative estimate of drug-likeness (QED) is 0.0149. The maximum atomic E-state index is 14.9. The monoisotopic (exact) mass is 1480 g/mol. The summed E-state index contributed by atoms with van der Waals surface area (Å²) in [5.41, 5.74) is 5.29. The van der Waals surface area contributed by atoms with Crippen LogP contribution in [0, 0.1) is 29.6 Å². The number of hydrogen-bond donors (Lipinski definition) is 14. The molecule has 568 valence electrons. The van der Waals surface area contributed by atoms with Crippen molar-refractivity contribution in [2.45, 2.75) is 212 Å².